The van der Waals surface area contributed by atoms with Gasteiger partial charge in [0.25, 0.3) is 12.5 Å². The zero-order valence-electron chi connectivity index (χ0n) is 17.5. The maximum Gasteiger partial charge on any atom is 0.290 e. The number of hydrogen-bond donors (Lipinski definition) is 2. The Morgan fingerprint density at radius 3 is 2.66 bits per heavy atom. The minimum atomic E-state index is -0.690. The quantitative estimate of drug-likeness (QED) is 0.608. The molecule has 8 heteroatoms. The predicted molar refractivity (Wildman–Crippen MR) is 119 cm³/mol. The lowest BCUT2D eigenvalue weighted by atomic mass is 9.82. The Hall–Kier alpha value is -4.07. The number of rotatable bonds is 4. The third-order valence-corrected chi connectivity index (χ3v) is 5.52. The van der Waals surface area contributed by atoms with Crippen molar-refractivity contribution in [1.82, 2.24) is 4.98 Å². The minimum absolute atomic E-state index is 0.204. The zero-order chi connectivity index (χ0) is 22.6. The van der Waals surface area contributed by atoms with E-state index in [2.05, 4.69) is 29.2 Å². The highest BCUT2D eigenvalue weighted by Gasteiger charge is 2.40. The van der Waals surface area contributed by atoms with E-state index in [-0.39, 0.29) is 12.5 Å². The van der Waals surface area contributed by atoms with E-state index in [9.17, 15) is 0 Å². The highest BCUT2D eigenvalue weighted by molar-refractivity contribution is 5.76. The van der Waals surface area contributed by atoms with Crippen molar-refractivity contribution in [2.45, 2.75) is 12.0 Å². The summed E-state index contributed by atoms with van der Waals surface area (Å²) >= 11 is 0. The first-order valence-corrected chi connectivity index (χ1v) is 10.0. The molecule has 1 unspecified atom stereocenters. The van der Waals surface area contributed by atoms with Crippen molar-refractivity contribution >= 4 is 12.5 Å². The summed E-state index contributed by atoms with van der Waals surface area (Å²) in [7, 11) is 1.64. The van der Waals surface area contributed by atoms with Crippen molar-refractivity contribution in [3.05, 3.63) is 77.6 Å². The van der Waals surface area contributed by atoms with E-state index in [0.29, 0.717) is 19.0 Å². The highest BCUT2D eigenvalue weighted by atomic mass is 16.5. The SMILES string of the molecule is COc1cncc(-c2cccc(C3(c4ccc5c(c4)CCO5)COC(N)=N3)c2)c1.O=CO. The van der Waals surface area contributed by atoms with E-state index in [1.54, 1.807) is 13.3 Å². The Morgan fingerprint density at radius 1 is 1.09 bits per heavy atom. The van der Waals surface area contributed by atoms with E-state index in [1.807, 2.05) is 30.5 Å². The molecule has 2 aliphatic rings. The van der Waals surface area contributed by atoms with E-state index in [1.165, 1.54) is 5.56 Å². The molecule has 2 aromatic carbocycles. The normalized spacial score (nSPS) is 18.3. The van der Waals surface area contributed by atoms with Crippen LogP contribution in [-0.4, -0.2) is 42.9 Å². The number of methoxy groups -OCH3 is 1. The molecule has 2 aliphatic heterocycles. The third-order valence-electron chi connectivity index (χ3n) is 5.52. The molecule has 0 saturated carbocycles. The second-order valence-electron chi connectivity index (χ2n) is 7.32. The monoisotopic (exact) mass is 433 g/mol. The van der Waals surface area contributed by atoms with Gasteiger partial charge in [-0.3, -0.25) is 9.78 Å². The lowest BCUT2D eigenvalue weighted by molar-refractivity contribution is -0.122. The molecular weight excluding hydrogens is 410 g/mol. The van der Waals surface area contributed by atoms with Gasteiger partial charge in [-0.1, -0.05) is 24.3 Å². The highest BCUT2D eigenvalue weighted by Crippen LogP contribution is 2.41. The molecule has 0 fully saturated rings. The molecule has 0 spiro atoms. The van der Waals surface area contributed by atoms with Gasteiger partial charge in [-0.15, -0.1) is 0 Å². The molecule has 0 amide bonds. The summed E-state index contributed by atoms with van der Waals surface area (Å²) in [5.41, 5.74) is 10.5. The lowest BCUT2D eigenvalue weighted by Crippen LogP contribution is -2.27. The van der Waals surface area contributed by atoms with Crippen LogP contribution in [0.4, 0.5) is 0 Å². The molecule has 0 bridgehead atoms. The van der Waals surface area contributed by atoms with Gasteiger partial charge in [0.2, 0.25) is 0 Å². The number of aromatic nitrogens is 1. The van der Waals surface area contributed by atoms with Crippen molar-refractivity contribution in [2.24, 2.45) is 10.7 Å². The van der Waals surface area contributed by atoms with Gasteiger partial charge in [0.15, 0.2) is 5.54 Å². The molecule has 0 radical (unpaired) electrons. The maximum atomic E-state index is 8.36. The summed E-state index contributed by atoms with van der Waals surface area (Å²) in [4.78, 5) is 17.4. The molecule has 164 valence electrons. The Morgan fingerprint density at radius 2 is 1.91 bits per heavy atom. The van der Waals surface area contributed by atoms with Crippen LogP contribution in [0.3, 0.4) is 0 Å². The Bertz CT molecular complexity index is 1160. The van der Waals surface area contributed by atoms with Crippen molar-refractivity contribution in [3.8, 4) is 22.6 Å². The van der Waals surface area contributed by atoms with E-state index in [4.69, 9.17) is 34.8 Å². The number of aliphatic imine (C=N–C) groups is 1. The van der Waals surface area contributed by atoms with Crippen molar-refractivity contribution in [1.29, 1.82) is 0 Å². The number of carbonyl (C=O) groups is 1. The van der Waals surface area contributed by atoms with Crippen LogP contribution in [0.2, 0.25) is 0 Å². The standard InChI is InChI=1S/C23H21N3O3.CH2O2/c1-27-20-11-17(12-25-13-20)15-3-2-4-18(9-15)23(14-29-22(24)26-23)19-5-6-21-16(10-19)7-8-28-21;2-1-3/h2-6,9-13H,7-8,14H2,1H3,(H2,24,26);1H,(H,2,3). The molecule has 0 saturated heterocycles. The second-order valence-corrected chi connectivity index (χ2v) is 7.32. The van der Waals surface area contributed by atoms with Gasteiger partial charge in [0.05, 0.1) is 19.9 Å². The Kier molecular flexibility index (Phi) is 5.93. The number of nitrogens with two attached hydrogens (primary N) is 1. The number of fused-ring (bicyclic) bond motifs is 1. The summed E-state index contributed by atoms with van der Waals surface area (Å²) < 4.78 is 16.6. The first-order chi connectivity index (χ1) is 15.6. The Balaban J connectivity index is 0.000000775. The third kappa shape index (κ3) is 3.94. The molecule has 3 heterocycles. The molecule has 1 atom stereocenters. The fraction of sp³-hybridized carbons (Fsp3) is 0.208. The van der Waals surface area contributed by atoms with Gasteiger partial charge in [0, 0.05) is 18.2 Å². The van der Waals surface area contributed by atoms with Crippen LogP contribution in [0.5, 0.6) is 11.5 Å². The summed E-state index contributed by atoms with van der Waals surface area (Å²) in [5.74, 6) is 1.66. The van der Waals surface area contributed by atoms with Crippen LogP contribution in [-0.2, 0) is 21.5 Å². The van der Waals surface area contributed by atoms with E-state index < -0.39 is 5.54 Å². The van der Waals surface area contributed by atoms with Crippen molar-refractivity contribution in [2.75, 3.05) is 20.3 Å². The number of amidine groups is 1. The van der Waals surface area contributed by atoms with Gasteiger partial charge in [0.1, 0.15) is 18.1 Å². The number of pyridine rings is 1. The number of carboxylic acid groups (broad SMARTS) is 1. The minimum Gasteiger partial charge on any atom is -0.495 e. The zero-order valence-corrected chi connectivity index (χ0v) is 17.5. The summed E-state index contributed by atoms with van der Waals surface area (Å²) in [6.07, 6.45) is 4.41. The fourth-order valence-electron chi connectivity index (χ4n) is 3.98. The van der Waals surface area contributed by atoms with Gasteiger partial charge in [-0.2, -0.15) is 0 Å². The first-order valence-electron chi connectivity index (χ1n) is 10.0. The fourth-order valence-corrected chi connectivity index (χ4v) is 3.98. The van der Waals surface area contributed by atoms with Gasteiger partial charge in [-0.25, -0.2) is 4.99 Å². The van der Waals surface area contributed by atoms with Crippen LogP contribution < -0.4 is 15.2 Å². The predicted octanol–water partition coefficient (Wildman–Crippen LogP) is 2.98. The molecule has 3 N–H and O–H groups in total. The smallest absolute Gasteiger partial charge is 0.290 e. The topological polar surface area (TPSA) is 116 Å². The molecule has 0 aliphatic carbocycles. The number of benzene rings is 2. The number of ether oxygens (including phenoxy) is 3. The van der Waals surface area contributed by atoms with Crippen LogP contribution in [0.1, 0.15) is 16.7 Å². The average Bonchev–Trinajstić information content (AvgIpc) is 3.46. The first kappa shape index (κ1) is 21.2. The molecular formula is C24H23N3O5. The summed E-state index contributed by atoms with van der Waals surface area (Å²) in [5, 5.41) is 6.89. The van der Waals surface area contributed by atoms with Gasteiger partial charge in [-0.05, 0) is 46.5 Å². The molecule has 32 heavy (non-hydrogen) atoms. The average molecular weight is 433 g/mol. The lowest BCUT2D eigenvalue weighted by Gasteiger charge is -2.26. The number of hydrogen-bond acceptors (Lipinski definition) is 7. The van der Waals surface area contributed by atoms with Gasteiger partial charge < -0.3 is 25.1 Å². The summed E-state index contributed by atoms with van der Waals surface area (Å²) in [6.45, 7) is 0.824. The maximum absolute atomic E-state index is 8.36. The van der Waals surface area contributed by atoms with Crippen molar-refractivity contribution in [3.63, 3.8) is 0 Å². The molecule has 3 aromatic rings. The molecule has 1 aromatic heterocycles. The molecule has 5 rings (SSSR count). The Labute approximate surface area is 185 Å². The molecule has 8 nitrogen and oxygen atoms in total. The largest absolute Gasteiger partial charge is 0.495 e. The van der Waals surface area contributed by atoms with Gasteiger partial charge >= 0.3 is 0 Å². The number of nitrogens with zero attached hydrogens (tertiary/aromatic N) is 2. The van der Waals surface area contributed by atoms with E-state index >= 15 is 0 Å². The second kappa shape index (κ2) is 8.97. The van der Waals surface area contributed by atoms with Crippen molar-refractivity contribution < 1.29 is 24.1 Å². The van der Waals surface area contributed by atoms with Crippen LogP contribution in [0.15, 0.2) is 65.9 Å². The summed E-state index contributed by atoms with van der Waals surface area (Å²) in [6, 6.07) is 16.6. The van der Waals surface area contributed by atoms with E-state index in [0.717, 1.165) is 34.4 Å². The van der Waals surface area contributed by atoms with Crippen LogP contribution in [0.25, 0.3) is 11.1 Å². The van der Waals surface area contributed by atoms with Crippen LogP contribution in [0, 0.1) is 0 Å². The van der Waals surface area contributed by atoms with Crippen LogP contribution >= 0.6 is 0 Å².